The molecule has 0 aliphatic rings. The van der Waals surface area contributed by atoms with Gasteiger partial charge in [-0.05, 0) is 50.2 Å². The largest absolute Gasteiger partial charge is 0.497 e. The van der Waals surface area contributed by atoms with Gasteiger partial charge in [-0.2, -0.15) is 0 Å². The van der Waals surface area contributed by atoms with Gasteiger partial charge in [0.05, 0.1) is 18.4 Å². The highest BCUT2D eigenvalue weighted by Gasteiger charge is 2.13. The molecule has 6 nitrogen and oxygen atoms in total. The third-order valence-electron chi connectivity index (χ3n) is 3.93. The Kier molecular flexibility index (Phi) is 6.06. The lowest BCUT2D eigenvalue weighted by molar-refractivity contribution is -0.119. The van der Waals surface area contributed by atoms with Crippen molar-refractivity contribution in [2.24, 2.45) is 0 Å². The van der Waals surface area contributed by atoms with E-state index in [0.29, 0.717) is 10.7 Å². The number of nitrogens with one attached hydrogen (secondary N) is 1. The van der Waals surface area contributed by atoms with Gasteiger partial charge in [-0.25, -0.2) is 9.78 Å². The maximum Gasteiger partial charge on any atom is 0.338 e. The molecule has 7 heteroatoms. The standard InChI is InChI=1S/C21H20N2O4S/c1-13-8-14(2)10-16(9-13)20(25)27-11-19(24)23-21-22-18(12-28-21)15-4-6-17(26-3)7-5-15/h4-10,12H,11H2,1-3H3,(H,22,23,24). The number of carbonyl (C=O) groups is 2. The Labute approximate surface area is 167 Å². The summed E-state index contributed by atoms with van der Waals surface area (Å²) in [7, 11) is 1.61. The Balaban J connectivity index is 1.56. The van der Waals surface area contributed by atoms with Crippen LogP contribution in [0.3, 0.4) is 0 Å². The lowest BCUT2D eigenvalue weighted by atomic mass is 10.1. The topological polar surface area (TPSA) is 77.5 Å². The third kappa shape index (κ3) is 4.95. The molecular formula is C21H20N2O4S. The summed E-state index contributed by atoms with van der Waals surface area (Å²) < 4.78 is 10.2. The molecule has 0 atom stereocenters. The van der Waals surface area contributed by atoms with Gasteiger partial charge in [0.25, 0.3) is 5.91 Å². The van der Waals surface area contributed by atoms with Crippen LogP contribution in [0, 0.1) is 13.8 Å². The molecule has 0 unspecified atom stereocenters. The van der Waals surface area contributed by atoms with Crippen LogP contribution in [-0.2, 0) is 9.53 Å². The monoisotopic (exact) mass is 396 g/mol. The van der Waals surface area contributed by atoms with Gasteiger partial charge in [0.2, 0.25) is 0 Å². The second kappa shape index (κ2) is 8.67. The van der Waals surface area contributed by atoms with Crippen molar-refractivity contribution in [3.63, 3.8) is 0 Å². The number of ether oxygens (including phenoxy) is 2. The second-order valence-corrected chi connectivity index (χ2v) is 7.13. The third-order valence-corrected chi connectivity index (χ3v) is 4.69. The van der Waals surface area contributed by atoms with Crippen molar-refractivity contribution < 1.29 is 19.1 Å². The van der Waals surface area contributed by atoms with Crippen LogP contribution >= 0.6 is 11.3 Å². The Morgan fingerprint density at radius 3 is 2.39 bits per heavy atom. The van der Waals surface area contributed by atoms with Crippen molar-refractivity contribution in [3.05, 3.63) is 64.5 Å². The molecule has 0 fully saturated rings. The van der Waals surface area contributed by atoms with E-state index in [1.54, 1.807) is 19.2 Å². The molecule has 3 rings (SSSR count). The van der Waals surface area contributed by atoms with E-state index in [1.807, 2.05) is 49.6 Å². The van der Waals surface area contributed by atoms with E-state index in [4.69, 9.17) is 9.47 Å². The first-order chi connectivity index (χ1) is 13.4. The summed E-state index contributed by atoms with van der Waals surface area (Å²) in [6, 6.07) is 12.9. The molecular weight excluding hydrogens is 376 g/mol. The van der Waals surface area contributed by atoms with E-state index < -0.39 is 11.9 Å². The van der Waals surface area contributed by atoms with Crippen LogP contribution in [0.25, 0.3) is 11.3 Å². The first-order valence-corrected chi connectivity index (χ1v) is 9.48. The Morgan fingerprint density at radius 1 is 1.07 bits per heavy atom. The number of nitrogens with zero attached hydrogens (tertiary/aromatic N) is 1. The van der Waals surface area contributed by atoms with E-state index in [9.17, 15) is 9.59 Å². The zero-order valence-electron chi connectivity index (χ0n) is 15.8. The maximum atomic E-state index is 12.1. The van der Waals surface area contributed by atoms with Gasteiger partial charge < -0.3 is 9.47 Å². The Hall–Kier alpha value is -3.19. The number of hydrogen-bond donors (Lipinski definition) is 1. The van der Waals surface area contributed by atoms with Crippen molar-refractivity contribution in [1.29, 1.82) is 0 Å². The number of methoxy groups -OCH3 is 1. The molecule has 1 aromatic heterocycles. The minimum atomic E-state index is -0.528. The highest BCUT2D eigenvalue weighted by atomic mass is 32.1. The average molecular weight is 396 g/mol. The summed E-state index contributed by atoms with van der Waals surface area (Å²) >= 11 is 1.30. The molecule has 3 aromatic rings. The number of hydrogen-bond acceptors (Lipinski definition) is 6. The average Bonchev–Trinajstić information content (AvgIpc) is 3.13. The molecule has 0 saturated carbocycles. The predicted octanol–water partition coefficient (Wildman–Crippen LogP) is 4.23. The minimum absolute atomic E-state index is 0.372. The predicted molar refractivity (Wildman–Crippen MR) is 109 cm³/mol. The summed E-state index contributed by atoms with van der Waals surface area (Å²) in [5.41, 5.74) is 4.02. The molecule has 0 aliphatic carbocycles. The van der Waals surface area contributed by atoms with Gasteiger partial charge in [0.15, 0.2) is 11.7 Å². The van der Waals surface area contributed by atoms with Crippen LogP contribution in [0.1, 0.15) is 21.5 Å². The fourth-order valence-corrected chi connectivity index (χ4v) is 3.42. The number of aromatic nitrogens is 1. The first-order valence-electron chi connectivity index (χ1n) is 8.60. The molecule has 0 saturated heterocycles. The Morgan fingerprint density at radius 2 is 1.75 bits per heavy atom. The van der Waals surface area contributed by atoms with Crippen molar-refractivity contribution in [1.82, 2.24) is 4.98 Å². The molecule has 0 bridgehead atoms. The number of benzene rings is 2. The van der Waals surface area contributed by atoms with Crippen molar-refractivity contribution in [2.75, 3.05) is 19.0 Å². The first kappa shape index (κ1) is 19.6. The Bertz CT molecular complexity index is 976. The van der Waals surface area contributed by atoms with Crippen LogP contribution in [0.5, 0.6) is 5.75 Å². The molecule has 28 heavy (non-hydrogen) atoms. The smallest absolute Gasteiger partial charge is 0.338 e. The van der Waals surface area contributed by atoms with E-state index in [0.717, 1.165) is 28.1 Å². The van der Waals surface area contributed by atoms with Crippen molar-refractivity contribution in [3.8, 4) is 17.0 Å². The number of carbonyl (C=O) groups excluding carboxylic acids is 2. The molecule has 1 heterocycles. The van der Waals surface area contributed by atoms with Crippen LogP contribution < -0.4 is 10.1 Å². The summed E-state index contributed by atoms with van der Waals surface area (Å²) in [6.45, 7) is 3.43. The van der Waals surface area contributed by atoms with Crippen molar-refractivity contribution >= 4 is 28.3 Å². The summed E-state index contributed by atoms with van der Waals surface area (Å²) in [5.74, 6) is -0.202. The molecule has 144 valence electrons. The lowest BCUT2D eigenvalue weighted by Crippen LogP contribution is -2.21. The molecule has 1 N–H and O–H groups in total. The SMILES string of the molecule is COc1ccc(-c2csc(NC(=O)COC(=O)c3cc(C)cc(C)c3)n2)cc1. The molecule has 0 spiro atoms. The van der Waals surface area contributed by atoms with E-state index in [1.165, 1.54) is 11.3 Å². The summed E-state index contributed by atoms with van der Waals surface area (Å²) in [5, 5.41) is 4.94. The zero-order valence-corrected chi connectivity index (χ0v) is 16.6. The molecule has 0 radical (unpaired) electrons. The van der Waals surface area contributed by atoms with Crippen molar-refractivity contribution in [2.45, 2.75) is 13.8 Å². The van der Waals surface area contributed by atoms with Gasteiger partial charge in [0, 0.05) is 10.9 Å². The highest BCUT2D eigenvalue weighted by Crippen LogP contribution is 2.26. The minimum Gasteiger partial charge on any atom is -0.497 e. The molecule has 1 amide bonds. The second-order valence-electron chi connectivity index (χ2n) is 6.27. The number of amides is 1. The fourth-order valence-electron chi connectivity index (χ4n) is 2.69. The fraction of sp³-hybridized carbons (Fsp3) is 0.190. The van der Waals surface area contributed by atoms with Gasteiger partial charge in [-0.15, -0.1) is 11.3 Å². The van der Waals surface area contributed by atoms with Crippen LogP contribution in [0.15, 0.2) is 47.8 Å². The van der Waals surface area contributed by atoms with Gasteiger partial charge in [-0.3, -0.25) is 10.1 Å². The zero-order chi connectivity index (χ0) is 20.1. The van der Waals surface area contributed by atoms with Crippen LogP contribution in [0.2, 0.25) is 0 Å². The highest BCUT2D eigenvalue weighted by molar-refractivity contribution is 7.14. The van der Waals surface area contributed by atoms with Crippen LogP contribution in [-0.4, -0.2) is 30.6 Å². The maximum absolute atomic E-state index is 12.1. The quantitative estimate of drug-likeness (QED) is 0.631. The molecule has 2 aromatic carbocycles. The normalized spacial score (nSPS) is 10.4. The molecule has 0 aliphatic heterocycles. The van der Waals surface area contributed by atoms with Gasteiger partial charge in [0.1, 0.15) is 5.75 Å². The van der Waals surface area contributed by atoms with Crippen LogP contribution in [0.4, 0.5) is 5.13 Å². The van der Waals surface area contributed by atoms with Gasteiger partial charge >= 0.3 is 5.97 Å². The lowest BCUT2D eigenvalue weighted by Gasteiger charge is -2.06. The number of thiazole rings is 1. The number of rotatable bonds is 6. The number of esters is 1. The number of aryl methyl sites for hydroxylation is 2. The van der Waals surface area contributed by atoms with E-state index in [-0.39, 0.29) is 6.61 Å². The van der Waals surface area contributed by atoms with Gasteiger partial charge in [-0.1, -0.05) is 17.2 Å². The van der Waals surface area contributed by atoms with E-state index in [2.05, 4.69) is 10.3 Å². The summed E-state index contributed by atoms with van der Waals surface area (Å²) in [4.78, 5) is 28.6. The van der Waals surface area contributed by atoms with E-state index >= 15 is 0 Å². The summed E-state index contributed by atoms with van der Waals surface area (Å²) in [6.07, 6.45) is 0. The number of anilines is 1.